The molecule has 0 atom stereocenters. The Morgan fingerprint density at radius 1 is 1.37 bits per heavy atom. The third-order valence-corrected chi connectivity index (χ3v) is 3.43. The van der Waals surface area contributed by atoms with Crippen LogP contribution in [0.5, 0.6) is 0 Å². The highest BCUT2D eigenvalue weighted by molar-refractivity contribution is 7.80. The Labute approximate surface area is 119 Å². The van der Waals surface area contributed by atoms with Gasteiger partial charge in [0.05, 0.1) is 13.2 Å². The van der Waals surface area contributed by atoms with Gasteiger partial charge in [0.1, 0.15) is 0 Å². The highest BCUT2D eigenvalue weighted by Crippen LogP contribution is 2.08. The second kappa shape index (κ2) is 7.53. The van der Waals surface area contributed by atoms with Crippen LogP contribution in [0.1, 0.15) is 16.8 Å². The average Bonchev–Trinajstić information content (AvgIpc) is 2.44. The van der Waals surface area contributed by atoms with Gasteiger partial charge < -0.3 is 10.1 Å². The summed E-state index contributed by atoms with van der Waals surface area (Å²) < 4.78 is 5.29. The Morgan fingerprint density at radius 3 is 2.89 bits per heavy atom. The van der Waals surface area contributed by atoms with Gasteiger partial charge in [0, 0.05) is 30.1 Å². The van der Waals surface area contributed by atoms with Crippen LogP contribution in [0.3, 0.4) is 0 Å². The summed E-state index contributed by atoms with van der Waals surface area (Å²) >= 11 is 4.23. The molecule has 19 heavy (non-hydrogen) atoms. The predicted molar refractivity (Wildman–Crippen MR) is 77.9 cm³/mol. The molecule has 2 rings (SSSR count). The number of thiol groups is 1. The fourth-order valence-corrected chi connectivity index (χ4v) is 2.30. The van der Waals surface area contributed by atoms with Crippen LogP contribution in [0.25, 0.3) is 0 Å². The maximum atomic E-state index is 11.9. The first-order chi connectivity index (χ1) is 9.25. The maximum Gasteiger partial charge on any atom is 0.251 e. The molecule has 0 bridgehead atoms. The number of nitrogens with zero attached hydrogens (tertiary/aromatic N) is 1. The second-order valence-corrected chi connectivity index (χ2v) is 5.13. The van der Waals surface area contributed by atoms with Crippen LogP contribution in [0.15, 0.2) is 29.2 Å². The van der Waals surface area contributed by atoms with E-state index in [1.165, 1.54) is 0 Å². The summed E-state index contributed by atoms with van der Waals surface area (Å²) in [5.74, 6) is -0.0297. The first-order valence-electron chi connectivity index (χ1n) is 6.63. The van der Waals surface area contributed by atoms with Gasteiger partial charge in [-0.1, -0.05) is 6.07 Å². The van der Waals surface area contributed by atoms with Gasteiger partial charge in [-0.15, -0.1) is 12.6 Å². The van der Waals surface area contributed by atoms with E-state index in [-0.39, 0.29) is 5.91 Å². The number of benzene rings is 1. The fourth-order valence-electron chi connectivity index (χ4n) is 2.08. The van der Waals surface area contributed by atoms with Gasteiger partial charge in [-0.2, -0.15) is 0 Å². The van der Waals surface area contributed by atoms with E-state index < -0.39 is 0 Å². The standard InChI is InChI=1S/C14H20N2O2S/c17-14(12-3-1-4-13(19)11-12)15-5-2-6-16-7-9-18-10-8-16/h1,3-4,11,19H,2,5-10H2,(H,15,17). The van der Waals surface area contributed by atoms with Crippen molar-refractivity contribution < 1.29 is 9.53 Å². The van der Waals surface area contributed by atoms with E-state index in [9.17, 15) is 4.79 Å². The van der Waals surface area contributed by atoms with E-state index in [0.29, 0.717) is 12.1 Å². The molecule has 0 aliphatic carbocycles. The van der Waals surface area contributed by atoms with Gasteiger partial charge in [0.2, 0.25) is 0 Å². The molecule has 1 fully saturated rings. The minimum Gasteiger partial charge on any atom is -0.379 e. The summed E-state index contributed by atoms with van der Waals surface area (Å²) in [6.07, 6.45) is 0.965. The van der Waals surface area contributed by atoms with E-state index in [1.807, 2.05) is 12.1 Å². The van der Waals surface area contributed by atoms with Crippen molar-refractivity contribution in [3.05, 3.63) is 29.8 Å². The van der Waals surface area contributed by atoms with Crippen molar-refractivity contribution in [2.45, 2.75) is 11.3 Å². The fraction of sp³-hybridized carbons (Fsp3) is 0.500. The number of hydrogen-bond donors (Lipinski definition) is 2. The zero-order valence-corrected chi connectivity index (χ0v) is 11.9. The van der Waals surface area contributed by atoms with Gasteiger partial charge in [-0.3, -0.25) is 9.69 Å². The Bertz CT molecular complexity index is 420. The molecule has 5 heteroatoms. The highest BCUT2D eigenvalue weighted by Gasteiger charge is 2.10. The van der Waals surface area contributed by atoms with E-state index in [2.05, 4.69) is 22.8 Å². The lowest BCUT2D eigenvalue weighted by Gasteiger charge is -2.26. The number of morpholine rings is 1. The smallest absolute Gasteiger partial charge is 0.251 e. The van der Waals surface area contributed by atoms with Crippen molar-refractivity contribution in [3.63, 3.8) is 0 Å². The molecule has 1 heterocycles. The van der Waals surface area contributed by atoms with Crippen LogP contribution >= 0.6 is 12.6 Å². The molecule has 0 saturated carbocycles. The summed E-state index contributed by atoms with van der Waals surface area (Å²) in [5, 5.41) is 2.93. The van der Waals surface area contributed by atoms with Crippen molar-refractivity contribution in [2.75, 3.05) is 39.4 Å². The van der Waals surface area contributed by atoms with Crippen LogP contribution in [0, 0.1) is 0 Å². The van der Waals surface area contributed by atoms with Crippen LogP contribution < -0.4 is 5.32 Å². The largest absolute Gasteiger partial charge is 0.379 e. The highest BCUT2D eigenvalue weighted by atomic mass is 32.1. The lowest BCUT2D eigenvalue weighted by Crippen LogP contribution is -2.38. The van der Waals surface area contributed by atoms with E-state index >= 15 is 0 Å². The zero-order chi connectivity index (χ0) is 13.5. The Hall–Kier alpha value is -1.04. The SMILES string of the molecule is O=C(NCCCN1CCOCC1)c1cccc(S)c1. The number of hydrogen-bond acceptors (Lipinski definition) is 4. The van der Waals surface area contributed by atoms with E-state index in [4.69, 9.17) is 4.74 Å². The normalized spacial score (nSPS) is 16.3. The monoisotopic (exact) mass is 280 g/mol. The van der Waals surface area contributed by atoms with Gasteiger partial charge in [-0.25, -0.2) is 0 Å². The second-order valence-electron chi connectivity index (χ2n) is 4.61. The van der Waals surface area contributed by atoms with Crippen LogP contribution in [-0.2, 0) is 4.74 Å². The molecule has 0 radical (unpaired) electrons. The summed E-state index contributed by atoms with van der Waals surface area (Å²) in [6.45, 7) is 5.34. The number of amides is 1. The summed E-state index contributed by atoms with van der Waals surface area (Å²) in [5.41, 5.74) is 0.666. The molecule has 1 aliphatic rings. The van der Waals surface area contributed by atoms with Crippen molar-refractivity contribution in [1.82, 2.24) is 10.2 Å². The maximum absolute atomic E-state index is 11.9. The molecular formula is C14H20N2O2S. The molecule has 0 spiro atoms. The zero-order valence-electron chi connectivity index (χ0n) is 11.0. The summed E-state index contributed by atoms with van der Waals surface area (Å²) in [6, 6.07) is 7.28. The molecule has 1 aliphatic heterocycles. The third-order valence-electron chi connectivity index (χ3n) is 3.15. The average molecular weight is 280 g/mol. The van der Waals surface area contributed by atoms with E-state index in [1.54, 1.807) is 12.1 Å². The van der Waals surface area contributed by atoms with Gasteiger partial charge in [0.25, 0.3) is 5.91 Å². The Balaban J connectivity index is 1.66. The van der Waals surface area contributed by atoms with Crippen molar-refractivity contribution in [2.24, 2.45) is 0 Å². The lowest BCUT2D eigenvalue weighted by atomic mass is 10.2. The molecule has 0 aromatic heterocycles. The molecule has 1 saturated heterocycles. The Morgan fingerprint density at radius 2 is 2.16 bits per heavy atom. The number of nitrogens with one attached hydrogen (secondary N) is 1. The first-order valence-corrected chi connectivity index (χ1v) is 7.08. The van der Waals surface area contributed by atoms with Crippen molar-refractivity contribution >= 4 is 18.5 Å². The van der Waals surface area contributed by atoms with Crippen molar-refractivity contribution in [1.29, 1.82) is 0 Å². The first kappa shape index (κ1) is 14.4. The summed E-state index contributed by atoms with van der Waals surface area (Å²) in [7, 11) is 0. The predicted octanol–water partition coefficient (Wildman–Crippen LogP) is 1.43. The van der Waals surface area contributed by atoms with E-state index in [0.717, 1.165) is 44.2 Å². The minimum absolute atomic E-state index is 0.0297. The van der Waals surface area contributed by atoms with Crippen LogP contribution in [-0.4, -0.2) is 50.2 Å². The minimum atomic E-state index is -0.0297. The van der Waals surface area contributed by atoms with Crippen molar-refractivity contribution in [3.8, 4) is 0 Å². The van der Waals surface area contributed by atoms with Gasteiger partial charge >= 0.3 is 0 Å². The van der Waals surface area contributed by atoms with Crippen LogP contribution in [0.4, 0.5) is 0 Å². The number of carbonyl (C=O) groups excluding carboxylic acids is 1. The van der Waals surface area contributed by atoms with Crippen LogP contribution in [0.2, 0.25) is 0 Å². The van der Waals surface area contributed by atoms with Gasteiger partial charge in [-0.05, 0) is 31.2 Å². The third kappa shape index (κ3) is 4.86. The topological polar surface area (TPSA) is 41.6 Å². The molecule has 1 aromatic carbocycles. The quantitative estimate of drug-likeness (QED) is 0.633. The molecule has 1 N–H and O–H groups in total. The molecule has 1 amide bonds. The van der Waals surface area contributed by atoms with Gasteiger partial charge in [0.15, 0.2) is 0 Å². The number of carbonyl (C=O) groups is 1. The summed E-state index contributed by atoms with van der Waals surface area (Å²) in [4.78, 5) is 15.0. The molecule has 0 unspecified atom stereocenters. The number of rotatable bonds is 5. The molecular weight excluding hydrogens is 260 g/mol. The Kier molecular flexibility index (Phi) is 5.69. The lowest BCUT2D eigenvalue weighted by molar-refractivity contribution is 0.0374. The molecule has 104 valence electrons. The molecule has 4 nitrogen and oxygen atoms in total. The molecule has 1 aromatic rings. The number of ether oxygens (including phenoxy) is 1.